The van der Waals surface area contributed by atoms with E-state index in [9.17, 15) is 44.1 Å². The Morgan fingerprint density at radius 2 is 1.35 bits per heavy atom. The van der Waals surface area contributed by atoms with Crippen LogP contribution in [0, 0.1) is 0 Å². The van der Waals surface area contributed by atoms with Gasteiger partial charge in [0.1, 0.15) is 30.2 Å². The molecule has 1 aliphatic rings. The summed E-state index contributed by atoms with van der Waals surface area (Å²) in [6.45, 7) is -2.61. The van der Waals surface area contributed by atoms with Gasteiger partial charge in [-0.2, -0.15) is 0 Å². The van der Waals surface area contributed by atoms with Gasteiger partial charge in [-0.25, -0.2) is 4.79 Å². The number of carbonyl (C=O) groups excluding carboxylic acids is 4. The first kappa shape index (κ1) is 28.7. The first-order valence-corrected chi connectivity index (χ1v) is 10.2. The van der Waals surface area contributed by atoms with Crippen LogP contribution in [0.5, 0.6) is 0 Å². The number of amides is 4. The molecule has 34 heavy (non-hydrogen) atoms. The molecule has 4 amide bonds. The quantitative estimate of drug-likeness (QED) is 0.117. The number of rotatable bonds is 13. The van der Waals surface area contributed by atoms with E-state index in [1.807, 2.05) is 10.6 Å². The number of likely N-dealkylation sites (tertiary alicyclic amines) is 1. The normalized spacial score (nSPS) is 18.8. The van der Waals surface area contributed by atoms with E-state index in [0.717, 1.165) is 4.90 Å². The van der Waals surface area contributed by atoms with Crippen LogP contribution in [0.2, 0.25) is 0 Å². The van der Waals surface area contributed by atoms with Gasteiger partial charge >= 0.3 is 11.9 Å². The van der Waals surface area contributed by atoms with E-state index in [2.05, 4.69) is 5.32 Å². The molecule has 0 aromatic heterocycles. The molecular formula is C18H29N5O11. The summed E-state index contributed by atoms with van der Waals surface area (Å²) >= 11 is 0. The number of nitrogens with zero attached hydrogens (tertiary/aromatic N) is 1. The van der Waals surface area contributed by atoms with Crippen molar-refractivity contribution in [2.24, 2.45) is 5.73 Å². The molecular weight excluding hydrogens is 462 g/mol. The number of aliphatic hydroxyl groups is 3. The van der Waals surface area contributed by atoms with E-state index in [-0.39, 0.29) is 13.0 Å². The highest BCUT2D eigenvalue weighted by Crippen LogP contribution is 2.18. The van der Waals surface area contributed by atoms with Gasteiger partial charge in [0.15, 0.2) is 0 Å². The van der Waals surface area contributed by atoms with Crippen molar-refractivity contribution >= 4 is 35.6 Å². The minimum atomic E-state index is -1.72. The SMILES string of the molecule is N[C@@H](CO)C(=O)N[C@@H](CC(=O)O)C(=O)N[C@@H](CO)C(=O)N[C@@H](CO)C(=O)N1CCC[C@H]1C(=O)O. The number of nitrogens with one attached hydrogen (secondary N) is 3. The number of hydrogen-bond donors (Lipinski definition) is 9. The van der Waals surface area contributed by atoms with Crippen molar-refractivity contribution in [3.8, 4) is 0 Å². The predicted molar refractivity (Wildman–Crippen MR) is 110 cm³/mol. The Morgan fingerprint density at radius 3 is 1.85 bits per heavy atom. The number of hydrogen-bond acceptors (Lipinski definition) is 10. The average Bonchev–Trinajstić information content (AvgIpc) is 3.29. The second-order valence-electron chi connectivity index (χ2n) is 7.46. The lowest BCUT2D eigenvalue weighted by atomic mass is 10.1. The average molecular weight is 491 g/mol. The molecule has 0 aromatic rings. The van der Waals surface area contributed by atoms with Crippen LogP contribution in [0.25, 0.3) is 0 Å². The van der Waals surface area contributed by atoms with E-state index in [1.54, 1.807) is 0 Å². The topological polar surface area (TPSA) is 269 Å². The van der Waals surface area contributed by atoms with E-state index in [0.29, 0.717) is 6.42 Å². The van der Waals surface area contributed by atoms with Gasteiger partial charge in [-0.15, -0.1) is 0 Å². The van der Waals surface area contributed by atoms with Crippen LogP contribution in [0.4, 0.5) is 0 Å². The largest absolute Gasteiger partial charge is 0.481 e. The monoisotopic (exact) mass is 491 g/mol. The van der Waals surface area contributed by atoms with Crippen LogP contribution in [-0.2, 0) is 28.8 Å². The van der Waals surface area contributed by atoms with Gasteiger partial charge in [-0.1, -0.05) is 0 Å². The fourth-order valence-electron chi connectivity index (χ4n) is 3.16. The molecule has 1 rings (SSSR count). The van der Waals surface area contributed by atoms with Crippen molar-refractivity contribution < 1.29 is 54.3 Å². The zero-order valence-electron chi connectivity index (χ0n) is 18.0. The van der Waals surface area contributed by atoms with Crippen LogP contribution in [-0.4, -0.2) is 123 Å². The van der Waals surface area contributed by atoms with E-state index < -0.39 is 92.0 Å². The Kier molecular flexibility index (Phi) is 11.3. The lowest BCUT2D eigenvalue weighted by molar-refractivity contribution is -0.150. The van der Waals surface area contributed by atoms with E-state index in [4.69, 9.17) is 15.9 Å². The minimum Gasteiger partial charge on any atom is -0.481 e. The van der Waals surface area contributed by atoms with Gasteiger partial charge in [-0.05, 0) is 12.8 Å². The summed E-state index contributed by atoms with van der Waals surface area (Å²) in [5, 5.41) is 52.2. The Balaban J connectivity index is 2.88. The Bertz CT molecular complexity index is 792. The minimum absolute atomic E-state index is 0.0921. The summed E-state index contributed by atoms with van der Waals surface area (Å²) in [6.07, 6.45) is -0.321. The Hall–Kier alpha value is -3.34. The standard InChI is InChI=1S/C18H29N5O11/c19-8(5-24)14(29)20-9(4-13(27)28)15(30)21-10(6-25)16(31)22-11(7-26)17(32)23-3-1-2-12(23)18(33)34/h8-12,24-26H,1-7,19H2,(H,20,29)(H,21,30)(H,22,31)(H,27,28)(H,33,34)/t8-,9-,10-,11-,12-/m0/s1. The molecule has 0 aliphatic carbocycles. The van der Waals surface area contributed by atoms with Crippen LogP contribution in [0.3, 0.4) is 0 Å². The lowest BCUT2D eigenvalue weighted by Gasteiger charge is -2.27. The van der Waals surface area contributed by atoms with Gasteiger partial charge in [0.2, 0.25) is 23.6 Å². The van der Waals surface area contributed by atoms with Gasteiger partial charge in [0.05, 0.1) is 26.2 Å². The number of nitrogens with two attached hydrogens (primary N) is 1. The summed E-state index contributed by atoms with van der Waals surface area (Å²) in [4.78, 5) is 72.6. The first-order valence-electron chi connectivity index (χ1n) is 10.2. The van der Waals surface area contributed by atoms with E-state index >= 15 is 0 Å². The zero-order chi connectivity index (χ0) is 26.0. The van der Waals surface area contributed by atoms with Gasteiger partial charge in [-0.3, -0.25) is 24.0 Å². The maximum atomic E-state index is 12.6. The summed E-state index contributed by atoms with van der Waals surface area (Å²) < 4.78 is 0. The molecule has 0 bridgehead atoms. The van der Waals surface area contributed by atoms with Crippen molar-refractivity contribution in [3.63, 3.8) is 0 Å². The fourth-order valence-corrected chi connectivity index (χ4v) is 3.16. The molecule has 1 aliphatic heterocycles. The summed E-state index contributed by atoms with van der Waals surface area (Å²) in [5.74, 6) is -6.99. The molecule has 16 heteroatoms. The van der Waals surface area contributed by atoms with Crippen molar-refractivity contribution in [3.05, 3.63) is 0 Å². The van der Waals surface area contributed by atoms with Crippen LogP contribution in [0.1, 0.15) is 19.3 Å². The number of carboxylic acids is 2. The van der Waals surface area contributed by atoms with Crippen LogP contribution < -0.4 is 21.7 Å². The number of carbonyl (C=O) groups is 6. The highest BCUT2D eigenvalue weighted by molar-refractivity contribution is 5.96. The summed E-state index contributed by atoms with van der Waals surface area (Å²) in [7, 11) is 0. The molecule has 0 spiro atoms. The second-order valence-corrected chi connectivity index (χ2v) is 7.46. The summed E-state index contributed by atoms with van der Waals surface area (Å²) in [6, 6.07) is -7.59. The maximum Gasteiger partial charge on any atom is 0.326 e. The molecule has 0 aromatic carbocycles. The molecule has 0 saturated carbocycles. The molecule has 192 valence electrons. The third-order valence-corrected chi connectivity index (χ3v) is 4.98. The van der Waals surface area contributed by atoms with Gasteiger partial charge < -0.3 is 52.1 Å². The number of aliphatic carboxylic acids is 2. The lowest BCUT2D eigenvalue weighted by Crippen LogP contribution is -2.60. The molecule has 16 nitrogen and oxygen atoms in total. The number of carboxylic acid groups (broad SMARTS) is 2. The highest BCUT2D eigenvalue weighted by atomic mass is 16.4. The summed E-state index contributed by atoms with van der Waals surface area (Å²) in [5.41, 5.74) is 5.31. The van der Waals surface area contributed by atoms with Gasteiger partial charge in [0.25, 0.3) is 0 Å². The molecule has 0 unspecified atom stereocenters. The molecule has 1 fully saturated rings. The molecule has 10 N–H and O–H groups in total. The third-order valence-electron chi connectivity index (χ3n) is 4.98. The second kappa shape index (κ2) is 13.4. The Labute approximate surface area is 193 Å². The molecule has 1 saturated heterocycles. The van der Waals surface area contributed by atoms with Crippen LogP contribution >= 0.6 is 0 Å². The Morgan fingerprint density at radius 1 is 0.824 bits per heavy atom. The number of aliphatic hydroxyl groups excluding tert-OH is 3. The first-order chi connectivity index (χ1) is 16.0. The third kappa shape index (κ3) is 7.91. The molecule has 0 radical (unpaired) electrons. The predicted octanol–water partition coefficient (Wildman–Crippen LogP) is -5.70. The van der Waals surface area contributed by atoms with Crippen LogP contribution in [0.15, 0.2) is 0 Å². The zero-order valence-corrected chi connectivity index (χ0v) is 18.0. The molecule has 5 atom stereocenters. The van der Waals surface area contributed by atoms with Gasteiger partial charge in [0, 0.05) is 6.54 Å². The van der Waals surface area contributed by atoms with Crippen molar-refractivity contribution in [2.75, 3.05) is 26.4 Å². The van der Waals surface area contributed by atoms with Crippen molar-refractivity contribution in [1.82, 2.24) is 20.9 Å². The highest BCUT2D eigenvalue weighted by Gasteiger charge is 2.38. The van der Waals surface area contributed by atoms with E-state index in [1.165, 1.54) is 0 Å². The smallest absolute Gasteiger partial charge is 0.326 e. The van der Waals surface area contributed by atoms with Crippen molar-refractivity contribution in [2.45, 2.75) is 49.5 Å². The van der Waals surface area contributed by atoms with Crippen molar-refractivity contribution in [1.29, 1.82) is 0 Å². The fraction of sp³-hybridized carbons (Fsp3) is 0.667. The maximum absolute atomic E-state index is 12.6. The molecule has 1 heterocycles.